The summed E-state index contributed by atoms with van der Waals surface area (Å²) in [6.07, 6.45) is 3.38. The van der Waals surface area contributed by atoms with Crippen LogP contribution < -0.4 is 0 Å². The van der Waals surface area contributed by atoms with Crippen LogP contribution in [0.5, 0.6) is 0 Å². The van der Waals surface area contributed by atoms with E-state index in [0.29, 0.717) is 6.42 Å². The van der Waals surface area contributed by atoms with Crippen LogP contribution in [0.2, 0.25) is 0 Å². The third kappa shape index (κ3) is 14.1. The van der Waals surface area contributed by atoms with Gasteiger partial charge in [0.15, 0.2) is 0 Å². The first-order chi connectivity index (χ1) is 14.3. The van der Waals surface area contributed by atoms with Crippen molar-refractivity contribution < 1.29 is 41.6 Å². The molecule has 0 aliphatic rings. The fraction of sp³-hybridized carbons (Fsp3) is 0.667. The van der Waals surface area contributed by atoms with Gasteiger partial charge in [-0.25, -0.2) is 9.59 Å². The van der Waals surface area contributed by atoms with Gasteiger partial charge in [-0.05, 0) is 26.7 Å². The molecule has 9 nitrogen and oxygen atoms in total. The molecule has 0 unspecified atom stereocenters. The number of carbonyl (C=O) groups excluding carboxylic acids is 3. The van der Waals surface area contributed by atoms with Crippen LogP contribution >= 0.6 is 0 Å². The Labute approximate surface area is 213 Å². The van der Waals surface area contributed by atoms with Crippen molar-refractivity contribution in [3.63, 3.8) is 0 Å². The summed E-state index contributed by atoms with van der Waals surface area (Å²) in [5.74, 6) is -2.77. The van der Waals surface area contributed by atoms with E-state index in [2.05, 4.69) is 13.2 Å². The molecule has 0 aromatic heterocycles. The topological polar surface area (TPSA) is 133 Å². The average Bonchev–Trinajstić information content (AvgIpc) is 2.68. The van der Waals surface area contributed by atoms with Crippen molar-refractivity contribution in [1.29, 1.82) is 0 Å². The van der Waals surface area contributed by atoms with Gasteiger partial charge in [0.05, 0.1) is 12.4 Å². The molecule has 0 rings (SSSR count). The number of carbonyl (C=O) groups is 3. The molecule has 0 atom stereocenters. The van der Waals surface area contributed by atoms with Crippen LogP contribution in [0.1, 0.15) is 59.3 Å². The average molecular weight is 487 g/mol. The summed E-state index contributed by atoms with van der Waals surface area (Å²) in [6, 6.07) is 0. The summed E-state index contributed by atoms with van der Waals surface area (Å²) in [7, 11) is -4.19. The molecule has 32 heavy (non-hydrogen) atoms. The van der Waals surface area contributed by atoms with Gasteiger partial charge in [-0.3, -0.25) is 9.35 Å². The van der Waals surface area contributed by atoms with Crippen LogP contribution in [0.4, 0.5) is 0 Å². The Bertz CT molecular complexity index is 729. The molecular weight excluding hydrogens is 451 g/mol. The first-order valence-corrected chi connectivity index (χ1v) is 11.7. The molecule has 0 spiro atoms. The Hall–Kier alpha value is -1.20. The van der Waals surface area contributed by atoms with Crippen LogP contribution in [0.15, 0.2) is 24.3 Å². The van der Waals surface area contributed by atoms with Gasteiger partial charge in [0, 0.05) is 11.1 Å². The number of ether oxygens (including phenoxy) is 3. The second kappa shape index (κ2) is 16.4. The van der Waals surface area contributed by atoms with Crippen LogP contribution in [-0.4, -0.2) is 86.0 Å². The predicted molar refractivity (Wildman–Crippen MR) is 122 cm³/mol. The van der Waals surface area contributed by atoms with E-state index < -0.39 is 52.4 Å². The summed E-state index contributed by atoms with van der Waals surface area (Å²) in [4.78, 5) is 36.8. The van der Waals surface area contributed by atoms with E-state index in [0.717, 1.165) is 19.3 Å². The van der Waals surface area contributed by atoms with E-state index in [-0.39, 0.29) is 60.2 Å². The minimum absolute atomic E-state index is 0. The van der Waals surface area contributed by atoms with Crippen molar-refractivity contribution in [3.05, 3.63) is 24.3 Å². The SMILES string of the molecule is C=C(C)C(=O)OCC(CCCCCC)(COC(=O)C(=C)C)C(=O)OCCCS(=O)(=O)O.[NaH]. The summed E-state index contributed by atoms with van der Waals surface area (Å²) in [5.41, 5.74) is -1.19. The van der Waals surface area contributed by atoms with E-state index in [1.165, 1.54) is 13.8 Å². The molecule has 0 aromatic rings. The Morgan fingerprint density at radius 2 is 1.38 bits per heavy atom. The first-order valence-electron chi connectivity index (χ1n) is 10.1. The van der Waals surface area contributed by atoms with Crippen LogP contribution in [0.25, 0.3) is 0 Å². The normalized spacial score (nSPS) is 11.1. The molecule has 11 heteroatoms. The van der Waals surface area contributed by atoms with Gasteiger partial charge in [-0.1, -0.05) is 45.8 Å². The maximum absolute atomic E-state index is 13.0. The van der Waals surface area contributed by atoms with Crippen LogP contribution in [-0.2, 0) is 38.7 Å². The Morgan fingerprint density at radius 1 is 0.875 bits per heavy atom. The zero-order valence-corrected chi connectivity index (χ0v) is 19.4. The molecule has 0 radical (unpaired) electrons. The number of rotatable bonds is 16. The Balaban J connectivity index is 0. The summed E-state index contributed by atoms with van der Waals surface area (Å²) in [6.45, 7) is 10.9. The Morgan fingerprint density at radius 3 is 1.78 bits per heavy atom. The molecule has 0 amide bonds. The maximum atomic E-state index is 13.0. The Kier molecular flexibility index (Phi) is 16.9. The van der Waals surface area contributed by atoms with Crippen LogP contribution in [0, 0.1) is 5.41 Å². The quantitative estimate of drug-likeness (QED) is 0.0871. The summed E-state index contributed by atoms with van der Waals surface area (Å²) >= 11 is 0. The van der Waals surface area contributed by atoms with Gasteiger partial charge in [-0.2, -0.15) is 8.42 Å². The molecule has 0 heterocycles. The van der Waals surface area contributed by atoms with Crippen molar-refractivity contribution in [2.75, 3.05) is 25.6 Å². The third-order valence-corrected chi connectivity index (χ3v) is 5.18. The molecule has 0 bridgehead atoms. The van der Waals surface area contributed by atoms with Gasteiger partial charge in [-0.15, -0.1) is 0 Å². The van der Waals surface area contributed by atoms with Gasteiger partial charge < -0.3 is 14.2 Å². The van der Waals surface area contributed by atoms with E-state index in [9.17, 15) is 22.8 Å². The zero-order chi connectivity index (χ0) is 24.1. The van der Waals surface area contributed by atoms with Gasteiger partial charge in [0.25, 0.3) is 10.1 Å². The molecule has 0 aliphatic heterocycles. The standard InChI is InChI=1S/C21H34O9S.Na.H/c1-6-7-8-9-11-21(14-29-18(22)16(2)3,15-30-19(23)17(4)5)20(24)28-12-10-13-31(25,26)27;;/h2,4,6-15H2,1,3,5H3,(H,25,26,27);;. The summed E-state index contributed by atoms with van der Waals surface area (Å²) in [5, 5.41) is 0. The molecule has 0 fully saturated rings. The second-order valence-electron chi connectivity index (χ2n) is 7.58. The molecule has 0 saturated heterocycles. The van der Waals surface area contributed by atoms with Crippen molar-refractivity contribution in [2.45, 2.75) is 59.3 Å². The van der Waals surface area contributed by atoms with Gasteiger partial charge >= 0.3 is 47.5 Å². The number of hydrogen-bond acceptors (Lipinski definition) is 8. The molecular formula is C21H35NaO9S. The van der Waals surface area contributed by atoms with Crippen molar-refractivity contribution in [1.82, 2.24) is 0 Å². The molecule has 180 valence electrons. The van der Waals surface area contributed by atoms with Crippen molar-refractivity contribution >= 4 is 57.6 Å². The summed E-state index contributed by atoms with van der Waals surface area (Å²) < 4.78 is 46.1. The predicted octanol–water partition coefficient (Wildman–Crippen LogP) is 2.35. The molecule has 1 N–H and O–H groups in total. The monoisotopic (exact) mass is 486 g/mol. The van der Waals surface area contributed by atoms with E-state index in [1.54, 1.807) is 0 Å². The van der Waals surface area contributed by atoms with Gasteiger partial charge in [0.2, 0.25) is 0 Å². The van der Waals surface area contributed by atoms with Gasteiger partial charge in [0.1, 0.15) is 18.6 Å². The van der Waals surface area contributed by atoms with E-state index >= 15 is 0 Å². The van der Waals surface area contributed by atoms with Crippen molar-refractivity contribution in [3.8, 4) is 0 Å². The number of esters is 3. The van der Waals surface area contributed by atoms with E-state index in [1.807, 2.05) is 6.92 Å². The second-order valence-corrected chi connectivity index (χ2v) is 9.15. The van der Waals surface area contributed by atoms with Crippen molar-refractivity contribution in [2.24, 2.45) is 5.41 Å². The third-order valence-electron chi connectivity index (χ3n) is 4.38. The molecule has 0 aromatic carbocycles. The molecule has 0 saturated carbocycles. The molecule has 0 aliphatic carbocycles. The fourth-order valence-electron chi connectivity index (χ4n) is 2.51. The fourth-order valence-corrected chi connectivity index (χ4v) is 2.99. The van der Waals surface area contributed by atoms with E-state index in [4.69, 9.17) is 18.8 Å². The minimum atomic E-state index is -4.19. The first kappa shape index (κ1) is 33.0. The van der Waals surface area contributed by atoms with Crippen LogP contribution in [0.3, 0.4) is 0 Å². The number of hydrogen-bond donors (Lipinski definition) is 1. The number of unbranched alkanes of at least 4 members (excludes halogenated alkanes) is 3. The zero-order valence-electron chi connectivity index (χ0n) is 18.6.